The number of halogens is 1. The van der Waals surface area contributed by atoms with Crippen molar-refractivity contribution in [3.63, 3.8) is 0 Å². The van der Waals surface area contributed by atoms with E-state index in [0.29, 0.717) is 6.07 Å². The Morgan fingerprint density at radius 2 is 2.28 bits per heavy atom. The van der Waals surface area contributed by atoms with Gasteiger partial charge in [-0.3, -0.25) is 10.1 Å². The summed E-state index contributed by atoms with van der Waals surface area (Å²) in [7, 11) is 1.07. The van der Waals surface area contributed by atoms with E-state index in [1.54, 1.807) is 0 Å². The molecule has 2 N–H and O–H groups in total. The monoisotopic (exact) mass is 258 g/mol. The van der Waals surface area contributed by atoms with Crippen molar-refractivity contribution in [2.45, 2.75) is 0 Å². The minimum Gasteiger partial charge on any atom is -0.465 e. The molecule has 0 saturated heterocycles. The lowest BCUT2D eigenvalue weighted by Gasteiger charge is -2.08. The molecule has 1 aromatic rings. The lowest BCUT2D eigenvalue weighted by Crippen LogP contribution is -2.11. The summed E-state index contributed by atoms with van der Waals surface area (Å²) in [6.45, 7) is -0.227. The van der Waals surface area contributed by atoms with Crippen molar-refractivity contribution in [3.8, 4) is 0 Å². The number of carbonyl (C=O) groups is 1. The van der Waals surface area contributed by atoms with Crippen LogP contribution in [-0.4, -0.2) is 36.3 Å². The zero-order valence-corrected chi connectivity index (χ0v) is 9.47. The molecule has 1 aromatic carbocycles. The Kier molecular flexibility index (Phi) is 4.55. The molecule has 0 saturated carbocycles. The van der Waals surface area contributed by atoms with Crippen LogP contribution in [0.4, 0.5) is 15.8 Å². The van der Waals surface area contributed by atoms with E-state index in [1.807, 2.05) is 0 Å². The fraction of sp³-hybridized carbons (Fsp3) is 0.300. The first kappa shape index (κ1) is 13.8. The molecule has 0 radical (unpaired) electrons. The highest BCUT2D eigenvalue weighted by Gasteiger charge is 2.22. The number of benzene rings is 1. The largest absolute Gasteiger partial charge is 0.465 e. The van der Waals surface area contributed by atoms with E-state index < -0.39 is 28.0 Å². The fourth-order valence-corrected chi connectivity index (χ4v) is 1.31. The van der Waals surface area contributed by atoms with Crippen molar-refractivity contribution in [1.29, 1.82) is 0 Å². The first-order valence-corrected chi connectivity index (χ1v) is 4.92. The zero-order valence-electron chi connectivity index (χ0n) is 9.47. The number of anilines is 1. The normalized spacial score (nSPS) is 9.94. The molecule has 18 heavy (non-hydrogen) atoms. The number of aliphatic hydroxyl groups excluding tert-OH is 1. The molecular formula is C10H11FN2O5. The predicted octanol–water partition coefficient (Wildman–Crippen LogP) is 0.925. The molecule has 0 aliphatic carbocycles. The lowest BCUT2D eigenvalue weighted by molar-refractivity contribution is -0.384. The fourth-order valence-electron chi connectivity index (χ4n) is 1.31. The summed E-state index contributed by atoms with van der Waals surface area (Å²) in [6, 6.07) is 1.61. The van der Waals surface area contributed by atoms with Crippen molar-refractivity contribution in [1.82, 2.24) is 0 Å². The highest BCUT2D eigenvalue weighted by Crippen LogP contribution is 2.28. The topological polar surface area (TPSA) is 102 Å². The Hall–Kier alpha value is -2.22. The van der Waals surface area contributed by atoms with Crippen LogP contribution in [0.1, 0.15) is 10.4 Å². The van der Waals surface area contributed by atoms with Gasteiger partial charge in [0.05, 0.1) is 30.3 Å². The number of nitro benzene ring substituents is 1. The number of ether oxygens (including phenoxy) is 1. The van der Waals surface area contributed by atoms with Crippen LogP contribution < -0.4 is 5.32 Å². The summed E-state index contributed by atoms with van der Waals surface area (Å²) in [5.74, 6) is -1.97. The molecule has 7 nitrogen and oxygen atoms in total. The summed E-state index contributed by atoms with van der Waals surface area (Å²) >= 11 is 0. The molecule has 0 aliphatic heterocycles. The number of rotatable bonds is 5. The van der Waals surface area contributed by atoms with Crippen LogP contribution in [0.5, 0.6) is 0 Å². The van der Waals surface area contributed by atoms with Gasteiger partial charge < -0.3 is 15.2 Å². The van der Waals surface area contributed by atoms with Gasteiger partial charge in [0.15, 0.2) is 0 Å². The van der Waals surface area contributed by atoms with Gasteiger partial charge in [0.1, 0.15) is 11.5 Å². The Bertz CT molecular complexity index is 478. The third-order valence-electron chi connectivity index (χ3n) is 2.11. The Labute approximate surface area is 101 Å². The van der Waals surface area contributed by atoms with Crippen molar-refractivity contribution >= 4 is 17.3 Å². The van der Waals surface area contributed by atoms with E-state index in [9.17, 15) is 19.3 Å². The maximum absolute atomic E-state index is 13.5. The zero-order chi connectivity index (χ0) is 13.7. The molecule has 0 atom stereocenters. The van der Waals surface area contributed by atoms with Crippen molar-refractivity contribution in [2.75, 3.05) is 25.6 Å². The van der Waals surface area contributed by atoms with E-state index >= 15 is 0 Å². The van der Waals surface area contributed by atoms with Crippen LogP contribution in [0.2, 0.25) is 0 Å². The van der Waals surface area contributed by atoms with Crippen LogP contribution in [-0.2, 0) is 4.74 Å². The van der Waals surface area contributed by atoms with Gasteiger partial charge in [0, 0.05) is 6.54 Å². The Morgan fingerprint density at radius 3 is 2.78 bits per heavy atom. The average Bonchev–Trinajstić information content (AvgIpc) is 2.35. The second kappa shape index (κ2) is 5.92. The average molecular weight is 258 g/mol. The third kappa shape index (κ3) is 2.92. The van der Waals surface area contributed by atoms with Crippen LogP contribution in [0.15, 0.2) is 12.1 Å². The molecule has 0 fully saturated rings. The molecule has 0 aliphatic rings. The smallest absolute Gasteiger partial charge is 0.340 e. The van der Waals surface area contributed by atoms with Crippen LogP contribution in [0, 0.1) is 15.9 Å². The number of nitrogens with one attached hydrogen (secondary N) is 1. The molecular weight excluding hydrogens is 247 g/mol. The quantitative estimate of drug-likeness (QED) is 0.462. The van der Waals surface area contributed by atoms with Gasteiger partial charge in [-0.1, -0.05) is 0 Å². The molecule has 0 bridgehead atoms. The molecule has 1 rings (SSSR count). The molecule has 0 heterocycles. The highest BCUT2D eigenvalue weighted by atomic mass is 19.1. The summed E-state index contributed by atoms with van der Waals surface area (Å²) < 4.78 is 17.8. The van der Waals surface area contributed by atoms with E-state index in [-0.39, 0.29) is 18.8 Å². The third-order valence-corrected chi connectivity index (χ3v) is 2.11. The first-order valence-electron chi connectivity index (χ1n) is 4.92. The second-order valence-electron chi connectivity index (χ2n) is 3.25. The molecule has 0 unspecified atom stereocenters. The van der Waals surface area contributed by atoms with Crippen molar-refractivity contribution < 1.29 is 24.0 Å². The number of methoxy groups -OCH3 is 1. The van der Waals surface area contributed by atoms with Crippen LogP contribution in [0.25, 0.3) is 0 Å². The number of aliphatic hydroxyl groups is 1. The van der Waals surface area contributed by atoms with Gasteiger partial charge in [-0.15, -0.1) is 0 Å². The Morgan fingerprint density at radius 1 is 1.61 bits per heavy atom. The maximum Gasteiger partial charge on any atom is 0.340 e. The van der Waals surface area contributed by atoms with Crippen molar-refractivity contribution in [3.05, 3.63) is 33.6 Å². The van der Waals surface area contributed by atoms with Crippen LogP contribution >= 0.6 is 0 Å². The van der Waals surface area contributed by atoms with Gasteiger partial charge in [-0.2, -0.15) is 0 Å². The molecule has 98 valence electrons. The van der Waals surface area contributed by atoms with E-state index in [2.05, 4.69) is 10.1 Å². The maximum atomic E-state index is 13.5. The number of nitro groups is 1. The van der Waals surface area contributed by atoms with Crippen molar-refractivity contribution in [2.24, 2.45) is 0 Å². The minimum absolute atomic E-state index is 0.0348. The summed E-state index contributed by atoms with van der Waals surface area (Å²) in [4.78, 5) is 21.2. The SMILES string of the molecule is COC(=O)c1cc(NCCO)c([N+](=O)[O-])cc1F. The summed E-state index contributed by atoms with van der Waals surface area (Å²) in [5, 5.41) is 21.9. The summed E-state index contributed by atoms with van der Waals surface area (Å²) in [5.41, 5.74) is -0.993. The number of esters is 1. The van der Waals surface area contributed by atoms with Gasteiger partial charge in [0.25, 0.3) is 5.69 Å². The number of hydrogen-bond acceptors (Lipinski definition) is 6. The van der Waals surface area contributed by atoms with E-state index in [4.69, 9.17) is 5.11 Å². The van der Waals surface area contributed by atoms with Crippen LogP contribution in [0.3, 0.4) is 0 Å². The van der Waals surface area contributed by atoms with Gasteiger partial charge >= 0.3 is 5.97 Å². The number of carbonyl (C=O) groups excluding carboxylic acids is 1. The van der Waals surface area contributed by atoms with E-state index in [1.165, 1.54) is 0 Å². The highest BCUT2D eigenvalue weighted by molar-refractivity contribution is 5.91. The van der Waals surface area contributed by atoms with E-state index in [0.717, 1.165) is 13.2 Å². The molecule has 0 amide bonds. The predicted molar refractivity (Wildman–Crippen MR) is 60.0 cm³/mol. The number of nitrogens with zero attached hydrogens (tertiary/aromatic N) is 1. The first-order chi connectivity index (χ1) is 8.51. The standard InChI is InChI=1S/C10H11FN2O5/c1-18-10(15)6-4-8(12-2-3-14)9(13(16)17)5-7(6)11/h4-5,12,14H,2-3H2,1H3. The lowest BCUT2D eigenvalue weighted by atomic mass is 10.1. The molecule has 8 heteroatoms. The Balaban J connectivity index is 3.26. The van der Waals surface area contributed by atoms with Gasteiger partial charge in [-0.25, -0.2) is 9.18 Å². The number of hydrogen-bond donors (Lipinski definition) is 2. The molecule has 0 spiro atoms. The minimum atomic E-state index is -1.04. The molecule has 0 aromatic heterocycles. The second-order valence-corrected chi connectivity index (χ2v) is 3.25. The summed E-state index contributed by atoms with van der Waals surface area (Å²) in [6.07, 6.45) is 0. The van der Waals surface area contributed by atoms with Gasteiger partial charge in [-0.05, 0) is 6.07 Å². The van der Waals surface area contributed by atoms with Gasteiger partial charge in [0.2, 0.25) is 0 Å².